The van der Waals surface area contributed by atoms with Crippen LogP contribution in [0.15, 0.2) is 52.4 Å². The number of halogens is 1. The molecule has 0 fully saturated rings. The molecule has 2 aromatic carbocycles. The number of fused-ring (bicyclic) bond motifs is 1. The van der Waals surface area contributed by atoms with Crippen molar-refractivity contribution in [1.82, 2.24) is 4.57 Å². The molecular formula is C18H13FN2O3S2. The highest BCUT2D eigenvalue weighted by Gasteiger charge is 2.13. The number of amides is 1. The van der Waals surface area contributed by atoms with Crippen LogP contribution in [0.2, 0.25) is 0 Å². The van der Waals surface area contributed by atoms with E-state index in [1.807, 2.05) is 0 Å². The zero-order valence-electron chi connectivity index (χ0n) is 13.6. The Bertz CT molecular complexity index is 1210. The summed E-state index contributed by atoms with van der Waals surface area (Å²) >= 11 is 1.16. The number of aromatic nitrogens is 1. The summed E-state index contributed by atoms with van der Waals surface area (Å²) in [6.07, 6.45) is 6.53. The van der Waals surface area contributed by atoms with Crippen molar-refractivity contribution >= 4 is 37.3 Å². The Morgan fingerprint density at radius 3 is 2.58 bits per heavy atom. The molecule has 0 spiro atoms. The van der Waals surface area contributed by atoms with E-state index in [0.29, 0.717) is 15.0 Å². The molecule has 0 atom stereocenters. The number of rotatable bonds is 3. The van der Waals surface area contributed by atoms with Gasteiger partial charge in [0.2, 0.25) is 0 Å². The highest BCUT2D eigenvalue weighted by Crippen LogP contribution is 2.22. The molecule has 1 amide bonds. The second-order valence-corrected chi connectivity index (χ2v) is 8.53. The van der Waals surface area contributed by atoms with Crippen LogP contribution < -0.4 is 4.80 Å². The Labute approximate surface area is 153 Å². The lowest BCUT2D eigenvalue weighted by Crippen LogP contribution is -2.16. The minimum atomic E-state index is -3.36. The lowest BCUT2D eigenvalue weighted by atomic mass is 10.2. The van der Waals surface area contributed by atoms with Gasteiger partial charge >= 0.3 is 0 Å². The highest BCUT2D eigenvalue weighted by atomic mass is 32.2. The van der Waals surface area contributed by atoms with Crippen molar-refractivity contribution in [2.24, 2.45) is 4.99 Å². The third-order valence-corrected chi connectivity index (χ3v) is 5.77. The van der Waals surface area contributed by atoms with E-state index >= 15 is 0 Å². The fourth-order valence-corrected chi connectivity index (χ4v) is 4.15. The summed E-state index contributed by atoms with van der Waals surface area (Å²) in [5.41, 5.74) is 0.930. The van der Waals surface area contributed by atoms with E-state index in [-0.39, 0.29) is 17.0 Å². The topological polar surface area (TPSA) is 68.5 Å². The van der Waals surface area contributed by atoms with Crippen molar-refractivity contribution in [2.75, 3.05) is 6.26 Å². The van der Waals surface area contributed by atoms with Crippen LogP contribution in [0.5, 0.6) is 0 Å². The number of hydrogen-bond acceptors (Lipinski definition) is 4. The van der Waals surface area contributed by atoms with Gasteiger partial charge in [0, 0.05) is 11.8 Å². The van der Waals surface area contributed by atoms with Gasteiger partial charge in [0.15, 0.2) is 14.6 Å². The first-order chi connectivity index (χ1) is 12.3. The zero-order valence-corrected chi connectivity index (χ0v) is 15.3. The minimum absolute atomic E-state index is 0.174. The third kappa shape index (κ3) is 3.59. The third-order valence-electron chi connectivity index (χ3n) is 3.62. The minimum Gasteiger partial charge on any atom is -0.305 e. The van der Waals surface area contributed by atoms with Gasteiger partial charge in [-0.1, -0.05) is 17.3 Å². The Hall–Kier alpha value is -2.76. The van der Waals surface area contributed by atoms with Crippen LogP contribution in [-0.2, 0) is 16.4 Å². The number of terminal acetylenes is 1. The SMILES string of the molecule is C#CCn1c(=NC(=O)c2ccc(F)cc2)sc2cc(S(C)(=O)=O)ccc21. The maximum atomic E-state index is 13.0. The number of thiazole rings is 1. The van der Waals surface area contributed by atoms with E-state index in [0.717, 1.165) is 17.6 Å². The van der Waals surface area contributed by atoms with Crippen LogP contribution in [0, 0.1) is 18.2 Å². The first-order valence-corrected chi connectivity index (χ1v) is 10.1. The summed E-state index contributed by atoms with van der Waals surface area (Å²) in [7, 11) is -3.36. The fourth-order valence-electron chi connectivity index (χ4n) is 2.36. The number of carbonyl (C=O) groups is 1. The first kappa shape index (κ1) is 18.0. The fraction of sp³-hybridized carbons (Fsp3) is 0.111. The van der Waals surface area contributed by atoms with Crippen molar-refractivity contribution in [2.45, 2.75) is 11.4 Å². The monoisotopic (exact) mass is 388 g/mol. The van der Waals surface area contributed by atoms with Gasteiger partial charge in [-0.3, -0.25) is 4.79 Å². The van der Waals surface area contributed by atoms with Crippen molar-refractivity contribution in [3.63, 3.8) is 0 Å². The van der Waals surface area contributed by atoms with Crippen LogP contribution >= 0.6 is 11.3 Å². The van der Waals surface area contributed by atoms with Gasteiger partial charge in [0.1, 0.15) is 5.82 Å². The van der Waals surface area contributed by atoms with Crippen molar-refractivity contribution in [1.29, 1.82) is 0 Å². The van der Waals surface area contributed by atoms with Gasteiger partial charge in [0.25, 0.3) is 5.91 Å². The summed E-state index contributed by atoms with van der Waals surface area (Å²) in [4.78, 5) is 16.9. The van der Waals surface area contributed by atoms with E-state index in [1.54, 1.807) is 10.6 Å². The van der Waals surface area contributed by atoms with Gasteiger partial charge in [-0.15, -0.1) is 6.42 Å². The van der Waals surface area contributed by atoms with Crippen LogP contribution in [-0.4, -0.2) is 25.1 Å². The van der Waals surface area contributed by atoms with Crippen molar-refractivity contribution in [3.8, 4) is 12.3 Å². The Balaban J connectivity index is 2.18. The molecule has 1 aromatic heterocycles. The summed E-state index contributed by atoms with van der Waals surface area (Å²) in [5, 5.41) is 0. The molecule has 26 heavy (non-hydrogen) atoms. The quantitative estimate of drug-likeness (QED) is 0.648. The summed E-state index contributed by atoms with van der Waals surface area (Å²) in [5.74, 6) is 1.52. The van der Waals surface area contributed by atoms with Crippen LogP contribution in [0.25, 0.3) is 10.2 Å². The van der Waals surface area contributed by atoms with Crippen molar-refractivity contribution in [3.05, 3.63) is 58.6 Å². The number of nitrogens with zero attached hydrogens (tertiary/aromatic N) is 2. The molecule has 0 aliphatic rings. The maximum absolute atomic E-state index is 13.0. The molecule has 0 unspecified atom stereocenters. The molecule has 0 radical (unpaired) electrons. The largest absolute Gasteiger partial charge is 0.305 e. The number of carbonyl (C=O) groups excluding carboxylic acids is 1. The molecule has 5 nitrogen and oxygen atoms in total. The first-order valence-electron chi connectivity index (χ1n) is 7.41. The van der Waals surface area contributed by atoms with Crippen LogP contribution in [0.4, 0.5) is 4.39 Å². The average Bonchev–Trinajstić information content (AvgIpc) is 2.92. The van der Waals surface area contributed by atoms with Gasteiger partial charge in [0.05, 0.1) is 21.7 Å². The predicted molar refractivity (Wildman–Crippen MR) is 98.1 cm³/mol. The molecule has 3 rings (SSSR count). The number of sulfone groups is 1. The lowest BCUT2D eigenvalue weighted by Gasteiger charge is -2.01. The smallest absolute Gasteiger partial charge is 0.279 e. The molecule has 0 aliphatic heterocycles. The van der Waals surface area contributed by atoms with Crippen molar-refractivity contribution < 1.29 is 17.6 Å². The molecule has 8 heteroatoms. The molecule has 1 heterocycles. The molecular weight excluding hydrogens is 375 g/mol. The second kappa shape index (κ2) is 6.86. The molecule has 132 valence electrons. The van der Waals surface area contributed by atoms with Crippen LogP contribution in [0.3, 0.4) is 0 Å². The van der Waals surface area contributed by atoms with Gasteiger partial charge in [-0.05, 0) is 42.5 Å². The Morgan fingerprint density at radius 1 is 1.27 bits per heavy atom. The second-order valence-electron chi connectivity index (χ2n) is 5.50. The molecule has 0 saturated carbocycles. The normalized spacial score (nSPS) is 12.3. The standard InChI is InChI=1S/C18H13FN2O3S2/c1-3-10-21-15-9-8-14(26(2,23)24)11-16(15)25-18(21)20-17(22)12-4-6-13(19)7-5-12/h1,4-9,11H,10H2,2H3. The Kier molecular flexibility index (Phi) is 4.76. The van der Waals surface area contributed by atoms with E-state index in [2.05, 4.69) is 10.9 Å². The van der Waals surface area contributed by atoms with E-state index < -0.39 is 21.6 Å². The Morgan fingerprint density at radius 2 is 1.96 bits per heavy atom. The van der Waals surface area contributed by atoms with Crippen LogP contribution in [0.1, 0.15) is 10.4 Å². The summed E-state index contributed by atoms with van der Waals surface area (Å²) in [6.45, 7) is 0.174. The molecule has 0 saturated heterocycles. The highest BCUT2D eigenvalue weighted by molar-refractivity contribution is 7.90. The van der Waals surface area contributed by atoms with Gasteiger partial charge in [-0.2, -0.15) is 4.99 Å². The molecule has 3 aromatic rings. The zero-order chi connectivity index (χ0) is 18.9. The molecule has 0 aliphatic carbocycles. The van der Waals surface area contributed by atoms with E-state index in [9.17, 15) is 17.6 Å². The number of hydrogen-bond donors (Lipinski definition) is 0. The van der Waals surface area contributed by atoms with E-state index in [4.69, 9.17) is 6.42 Å². The average molecular weight is 388 g/mol. The molecule has 0 N–H and O–H groups in total. The maximum Gasteiger partial charge on any atom is 0.279 e. The summed E-state index contributed by atoms with van der Waals surface area (Å²) < 4.78 is 38.8. The van der Waals surface area contributed by atoms with Gasteiger partial charge < -0.3 is 4.57 Å². The van der Waals surface area contributed by atoms with E-state index in [1.165, 1.54) is 36.4 Å². The predicted octanol–water partition coefficient (Wildman–Crippen LogP) is 2.62. The molecule has 0 bridgehead atoms. The lowest BCUT2D eigenvalue weighted by molar-refractivity contribution is 0.0998. The summed E-state index contributed by atoms with van der Waals surface area (Å²) in [6, 6.07) is 9.72. The number of benzene rings is 2. The van der Waals surface area contributed by atoms with Gasteiger partial charge in [-0.25, -0.2) is 12.8 Å².